The fourth-order valence-corrected chi connectivity index (χ4v) is 1.04. The van der Waals surface area contributed by atoms with Crippen molar-refractivity contribution in [1.29, 1.82) is 0 Å². The van der Waals surface area contributed by atoms with Gasteiger partial charge in [0.15, 0.2) is 0 Å². The SMILES string of the molecule is CC(C)(C)NCC(F)CCCC(F)(F)F. The summed E-state index contributed by atoms with van der Waals surface area (Å²) in [5.74, 6) is 0. The Kier molecular flexibility index (Phi) is 5.56. The molecule has 0 aromatic rings. The number of nitrogens with one attached hydrogen (secondary N) is 1. The molecule has 1 nitrogen and oxygen atoms in total. The van der Waals surface area contributed by atoms with Crippen LogP contribution in [0.4, 0.5) is 17.6 Å². The summed E-state index contributed by atoms with van der Waals surface area (Å²) in [6, 6.07) is 0. The molecule has 0 aliphatic heterocycles. The lowest BCUT2D eigenvalue weighted by atomic mass is 10.1. The monoisotopic (exact) mass is 229 g/mol. The quantitative estimate of drug-likeness (QED) is 0.712. The maximum Gasteiger partial charge on any atom is 0.389 e. The molecule has 15 heavy (non-hydrogen) atoms. The van der Waals surface area contributed by atoms with Crippen molar-refractivity contribution in [3.8, 4) is 0 Å². The Bertz CT molecular complexity index is 171. The molecule has 0 aliphatic rings. The first-order valence-corrected chi connectivity index (χ1v) is 5.06. The van der Waals surface area contributed by atoms with E-state index in [9.17, 15) is 17.6 Å². The Labute approximate surface area is 88.2 Å². The van der Waals surface area contributed by atoms with Crippen molar-refractivity contribution in [2.45, 2.75) is 57.9 Å². The molecule has 0 bridgehead atoms. The third kappa shape index (κ3) is 11.6. The lowest BCUT2D eigenvalue weighted by molar-refractivity contribution is -0.136. The molecule has 0 heterocycles. The van der Waals surface area contributed by atoms with Crippen LogP contribution in [0.15, 0.2) is 0 Å². The van der Waals surface area contributed by atoms with E-state index in [4.69, 9.17) is 0 Å². The molecular formula is C10H19F4N. The number of hydrogen-bond donors (Lipinski definition) is 1. The van der Waals surface area contributed by atoms with Crippen molar-refractivity contribution >= 4 is 0 Å². The third-order valence-electron chi connectivity index (χ3n) is 1.83. The molecule has 0 spiro atoms. The van der Waals surface area contributed by atoms with Gasteiger partial charge in [0.1, 0.15) is 6.17 Å². The van der Waals surface area contributed by atoms with Crippen LogP contribution in [0.5, 0.6) is 0 Å². The summed E-state index contributed by atoms with van der Waals surface area (Å²) < 4.78 is 48.3. The van der Waals surface area contributed by atoms with E-state index in [2.05, 4.69) is 5.32 Å². The summed E-state index contributed by atoms with van der Waals surface area (Å²) in [5, 5.41) is 2.91. The maximum atomic E-state index is 13.1. The molecule has 0 fully saturated rings. The van der Waals surface area contributed by atoms with Crippen LogP contribution in [0, 0.1) is 0 Å². The van der Waals surface area contributed by atoms with Gasteiger partial charge in [-0.25, -0.2) is 4.39 Å². The normalized spacial score (nSPS) is 15.4. The Hall–Kier alpha value is -0.320. The summed E-state index contributed by atoms with van der Waals surface area (Å²) in [5.41, 5.74) is -0.200. The molecular weight excluding hydrogens is 210 g/mol. The van der Waals surface area contributed by atoms with Gasteiger partial charge in [-0.1, -0.05) is 0 Å². The second-order valence-electron chi connectivity index (χ2n) is 4.74. The van der Waals surface area contributed by atoms with E-state index < -0.39 is 18.8 Å². The van der Waals surface area contributed by atoms with Crippen molar-refractivity contribution in [3.05, 3.63) is 0 Å². The van der Waals surface area contributed by atoms with Gasteiger partial charge in [-0.15, -0.1) is 0 Å². The van der Waals surface area contributed by atoms with Gasteiger partial charge in [-0.3, -0.25) is 0 Å². The molecule has 1 atom stereocenters. The molecule has 0 amide bonds. The predicted molar refractivity (Wildman–Crippen MR) is 52.6 cm³/mol. The van der Waals surface area contributed by atoms with E-state index in [0.717, 1.165) is 0 Å². The maximum absolute atomic E-state index is 13.1. The van der Waals surface area contributed by atoms with E-state index in [0.29, 0.717) is 0 Å². The minimum atomic E-state index is -4.17. The van der Waals surface area contributed by atoms with Crippen molar-refractivity contribution in [3.63, 3.8) is 0 Å². The van der Waals surface area contributed by atoms with Crippen LogP contribution in [0.1, 0.15) is 40.0 Å². The summed E-state index contributed by atoms with van der Waals surface area (Å²) in [6.07, 6.45) is -6.45. The minimum Gasteiger partial charge on any atom is -0.309 e. The van der Waals surface area contributed by atoms with Crippen LogP contribution >= 0.6 is 0 Å². The van der Waals surface area contributed by atoms with Gasteiger partial charge >= 0.3 is 6.18 Å². The molecule has 0 saturated carbocycles. The smallest absolute Gasteiger partial charge is 0.309 e. The molecule has 0 radical (unpaired) electrons. The van der Waals surface area contributed by atoms with Crippen LogP contribution in [0.2, 0.25) is 0 Å². The van der Waals surface area contributed by atoms with Gasteiger partial charge in [-0.05, 0) is 33.6 Å². The first kappa shape index (κ1) is 14.7. The lowest BCUT2D eigenvalue weighted by Gasteiger charge is -2.22. The average molecular weight is 229 g/mol. The first-order valence-electron chi connectivity index (χ1n) is 5.06. The summed E-state index contributed by atoms with van der Waals surface area (Å²) >= 11 is 0. The van der Waals surface area contributed by atoms with Gasteiger partial charge in [0.2, 0.25) is 0 Å². The van der Waals surface area contributed by atoms with Crippen LogP contribution in [0.25, 0.3) is 0 Å². The molecule has 1 unspecified atom stereocenters. The highest BCUT2D eigenvalue weighted by atomic mass is 19.4. The highest BCUT2D eigenvalue weighted by Crippen LogP contribution is 2.23. The standard InChI is InChI=1S/C10H19F4N/c1-9(2,3)15-7-8(11)5-4-6-10(12,13)14/h8,15H,4-7H2,1-3H3. The van der Waals surface area contributed by atoms with Gasteiger partial charge in [0.25, 0.3) is 0 Å². The molecule has 0 aliphatic carbocycles. The Morgan fingerprint density at radius 1 is 1.13 bits per heavy atom. The zero-order valence-electron chi connectivity index (χ0n) is 9.42. The fourth-order valence-electron chi connectivity index (χ4n) is 1.04. The number of hydrogen-bond acceptors (Lipinski definition) is 1. The predicted octanol–water partition coefficient (Wildman–Crippen LogP) is 3.45. The Morgan fingerprint density at radius 3 is 2.07 bits per heavy atom. The Morgan fingerprint density at radius 2 is 1.67 bits per heavy atom. The number of halogens is 4. The molecule has 0 aromatic carbocycles. The van der Waals surface area contributed by atoms with Crippen LogP contribution < -0.4 is 5.32 Å². The highest BCUT2D eigenvalue weighted by Gasteiger charge is 2.26. The summed E-state index contributed by atoms with van der Waals surface area (Å²) in [6.45, 7) is 5.77. The van der Waals surface area contributed by atoms with E-state index in [1.165, 1.54) is 0 Å². The first-order chi connectivity index (χ1) is 6.60. The number of alkyl halides is 4. The average Bonchev–Trinajstić information content (AvgIpc) is 1.97. The topological polar surface area (TPSA) is 12.0 Å². The van der Waals surface area contributed by atoms with E-state index >= 15 is 0 Å². The van der Waals surface area contributed by atoms with Crippen molar-refractivity contribution in [2.24, 2.45) is 0 Å². The molecule has 0 aromatic heterocycles. The van der Waals surface area contributed by atoms with Crippen molar-refractivity contribution < 1.29 is 17.6 Å². The number of rotatable bonds is 5. The second kappa shape index (κ2) is 5.68. The van der Waals surface area contributed by atoms with Gasteiger partial charge in [-0.2, -0.15) is 13.2 Å². The van der Waals surface area contributed by atoms with Crippen LogP contribution in [0.3, 0.4) is 0 Å². The van der Waals surface area contributed by atoms with Crippen molar-refractivity contribution in [1.82, 2.24) is 5.32 Å². The molecule has 5 heteroatoms. The molecule has 1 N–H and O–H groups in total. The second-order valence-corrected chi connectivity index (χ2v) is 4.74. The Balaban J connectivity index is 3.54. The third-order valence-corrected chi connectivity index (χ3v) is 1.83. The van der Waals surface area contributed by atoms with E-state index in [-0.39, 0.29) is 24.9 Å². The zero-order valence-corrected chi connectivity index (χ0v) is 9.42. The molecule has 92 valence electrons. The zero-order chi connectivity index (χ0) is 12.1. The largest absolute Gasteiger partial charge is 0.389 e. The lowest BCUT2D eigenvalue weighted by Crippen LogP contribution is -2.39. The van der Waals surface area contributed by atoms with Crippen molar-refractivity contribution in [2.75, 3.05) is 6.54 Å². The highest BCUT2D eigenvalue weighted by molar-refractivity contribution is 4.73. The molecule has 0 rings (SSSR count). The van der Waals surface area contributed by atoms with E-state index in [1.807, 2.05) is 20.8 Å². The van der Waals surface area contributed by atoms with E-state index in [1.54, 1.807) is 0 Å². The minimum absolute atomic E-state index is 0.0391. The summed E-state index contributed by atoms with van der Waals surface area (Å²) in [7, 11) is 0. The summed E-state index contributed by atoms with van der Waals surface area (Å²) in [4.78, 5) is 0. The van der Waals surface area contributed by atoms with Gasteiger partial charge in [0, 0.05) is 18.5 Å². The fraction of sp³-hybridized carbons (Fsp3) is 1.00. The van der Waals surface area contributed by atoms with Gasteiger partial charge < -0.3 is 5.32 Å². The van der Waals surface area contributed by atoms with Crippen LogP contribution in [-0.4, -0.2) is 24.4 Å². The van der Waals surface area contributed by atoms with Crippen LogP contribution in [-0.2, 0) is 0 Å². The van der Waals surface area contributed by atoms with Gasteiger partial charge in [0.05, 0.1) is 0 Å². The molecule has 0 saturated heterocycles.